The molecular weight excluding hydrogens is 484 g/mol. The largest absolute Gasteiger partial charge is 0.497 e. The smallest absolute Gasteiger partial charge is 0.252 e. The number of rotatable bonds is 10. The summed E-state index contributed by atoms with van der Waals surface area (Å²) in [5, 5.41) is 15.9. The van der Waals surface area contributed by atoms with Crippen molar-refractivity contribution in [2.75, 3.05) is 7.11 Å². The number of aromatic nitrogens is 5. The van der Waals surface area contributed by atoms with Crippen LogP contribution >= 0.6 is 11.3 Å². The molecule has 0 bridgehead atoms. The summed E-state index contributed by atoms with van der Waals surface area (Å²) in [6, 6.07) is 20.1. The molecule has 2 aromatic carbocycles. The zero-order chi connectivity index (χ0) is 25.8. The lowest BCUT2D eigenvalue weighted by atomic mass is 10.1. The molecule has 5 rings (SSSR count). The highest BCUT2D eigenvalue weighted by Crippen LogP contribution is 2.28. The van der Waals surface area contributed by atoms with E-state index in [1.54, 1.807) is 18.4 Å². The van der Waals surface area contributed by atoms with Crippen molar-refractivity contribution in [1.82, 2.24) is 30.1 Å². The summed E-state index contributed by atoms with van der Waals surface area (Å²) in [6.45, 7) is 5.86. The quantitative estimate of drug-likeness (QED) is 0.279. The summed E-state index contributed by atoms with van der Waals surface area (Å²) in [6.07, 6.45) is 0.791. The summed E-state index contributed by atoms with van der Waals surface area (Å²) < 4.78 is 7.14. The van der Waals surface area contributed by atoms with Gasteiger partial charge in [0.2, 0.25) is 0 Å². The molecule has 0 aliphatic carbocycles. The van der Waals surface area contributed by atoms with Gasteiger partial charge in [-0.3, -0.25) is 9.69 Å². The van der Waals surface area contributed by atoms with Crippen LogP contribution < -0.4 is 10.3 Å². The molecule has 1 unspecified atom stereocenters. The predicted molar refractivity (Wildman–Crippen MR) is 146 cm³/mol. The van der Waals surface area contributed by atoms with Gasteiger partial charge < -0.3 is 9.72 Å². The molecule has 5 aromatic rings. The third-order valence-corrected chi connectivity index (χ3v) is 7.52. The first-order valence-corrected chi connectivity index (χ1v) is 13.2. The van der Waals surface area contributed by atoms with Crippen molar-refractivity contribution >= 4 is 22.2 Å². The van der Waals surface area contributed by atoms with E-state index in [0.717, 1.165) is 45.6 Å². The molecule has 3 aromatic heterocycles. The standard InChI is InChI=1S/C28H30N6O2S/c1-4-25(27-30-31-32-34(27)16-20-10-12-23(36-3)13-11-20)33(18-24-9-6-14-37-24)17-22-15-21-8-5-7-19(2)26(21)29-28(22)35/h5-15,25H,4,16-18H2,1-3H3,(H,29,35). The second-order valence-corrected chi connectivity index (χ2v) is 10.1. The lowest BCUT2D eigenvalue weighted by molar-refractivity contribution is 0.163. The van der Waals surface area contributed by atoms with Gasteiger partial charge in [-0.15, -0.1) is 16.4 Å². The van der Waals surface area contributed by atoms with Crippen LogP contribution in [-0.4, -0.2) is 37.2 Å². The van der Waals surface area contributed by atoms with E-state index in [0.29, 0.717) is 19.6 Å². The van der Waals surface area contributed by atoms with E-state index in [4.69, 9.17) is 4.74 Å². The van der Waals surface area contributed by atoms with Gasteiger partial charge in [0.15, 0.2) is 5.82 Å². The van der Waals surface area contributed by atoms with E-state index >= 15 is 0 Å². The first-order chi connectivity index (χ1) is 18.1. The molecule has 9 heteroatoms. The Morgan fingerprint density at radius 1 is 1.11 bits per heavy atom. The third-order valence-electron chi connectivity index (χ3n) is 6.65. The minimum Gasteiger partial charge on any atom is -0.497 e. The number of para-hydroxylation sites is 1. The van der Waals surface area contributed by atoms with Gasteiger partial charge in [0.05, 0.1) is 25.2 Å². The van der Waals surface area contributed by atoms with Gasteiger partial charge in [-0.1, -0.05) is 43.3 Å². The normalized spacial score (nSPS) is 12.3. The van der Waals surface area contributed by atoms with Gasteiger partial charge in [-0.05, 0) is 69.9 Å². The van der Waals surface area contributed by atoms with Crippen molar-refractivity contribution in [3.8, 4) is 5.75 Å². The average Bonchev–Trinajstić information content (AvgIpc) is 3.59. The summed E-state index contributed by atoms with van der Waals surface area (Å²) in [7, 11) is 1.66. The molecule has 190 valence electrons. The zero-order valence-electron chi connectivity index (χ0n) is 21.2. The van der Waals surface area contributed by atoms with Crippen LogP contribution in [0.2, 0.25) is 0 Å². The highest BCUT2D eigenvalue weighted by molar-refractivity contribution is 7.09. The van der Waals surface area contributed by atoms with Gasteiger partial charge in [0, 0.05) is 23.5 Å². The van der Waals surface area contributed by atoms with Crippen molar-refractivity contribution < 1.29 is 4.74 Å². The molecule has 1 atom stereocenters. The average molecular weight is 515 g/mol. The number of tetrazole rings is 1. The summed E-state index contributed by atoms with van der Waals surface area (Å²) in [5.41, 5.74) is 3.68. The fourth-order valence-corrected chi connectivity index (χ4v) is 5.44. The Hall–Kier alpha value is -3.82. The second-order valence-electron chi connectivity index (χ2n) is 9.11. The SMILES string of the molecule is CCC(c1nnnn1Cc1ccc(OC)cc1)N(Cc1cccs1)Cc1cc2cccc(C)c2[nH]c1=O. The van der Waals surface area contributed by atoms with Crippen LogP contribution in [0.4, 0.5) is 0 Å². The summed E-state index contributed by atoms with van der Waals surface area (Å²) in [4.78, 5) is 19.8. The number of methoxy groups -OCH3 is 1. The number of nitrogens with zero attached hydrogens (tertiary/aromatic N) is 5. The van der Waals surface area contributed by atoms with Crippen molar-refractivity contribution in [2.45, 2.75) is 45.9 Å². The van der Waals surface area contributed by atoms with Crippen molar-refractivity contribution in [3.63, 3.8) is 0 Å². The molecular formula is C28H30N6O2S. The molecule has 0 aliphatic rings. The summed E-state index contributed by atoms with van der Waals surface area (Å²) >= 11 is 1.71. The Morgan fingerprint density at radius 3 is 2.68 bits per heavy atom. The van der Waals surface area contributed by atoms with Crippen LogP contribution in [-0.2, 0) is 19.6 Å². The van der Waals surface area contributed by atoms with Gasteiger partial charge in [-0.2, -0.15) is 0 Å². The van der Waals surface area contributed by atoms with Crippen LogP contribution in [0, 0.1) is 6.92 Å². The lowest BCUT2D eigenvalue weighted by Crippen LogP contribution is -2.32. The molecule has 0 saturated carbocycles. The number of pyridine rings is 1. The van der Waals surface area contributed by atoms with Crippen LogP contribution in [0.3, 0.4) is 0 Å². The first-order valence-electron chi connectivity index (χ1n) is 12.3. The number of benzene rings is 2. The fraction of sp³-hybridized carbons (Fsp3) is 0.286. The molecule has 0 aliphatic heterocycles. The molecule has 0 spiro atoms. The number of thiophene rings is 1. The molecule has 1 N–H and O–H groups in total. The highest BCUT2D eigenvalue weighted by Gasteiger charge is 2.26. The topological polar surface area (TPSA) is 88.9 Å². The van der Waals surface area contributed by atoms with Crippen molar-refractivity contribution in [3.05, 3.63) is 104 Å². The zero-order valence-corrected chi connectivity index (χ0v) is 22.0. The van der Waals surface area contributed by atoms with Crippen LogP contribution in [0.1, 0.15) is 46.8 Å². The van der Waals surface area contributed by atoms with E-state index in [9.17, 15) is 4.79 Å². The van der Waals surface area contributed by atoms with Gasteiger partial charge >= 0.3 is 0 Å². The summed E-state index contributed by atoms with van der Waals surface area (Å²) in [5.74, 6) is 1.59. The van der Waals surface area contributed by atoms with E-state index in [1.807, 2.05) is 60.1 Å². The van der Waals surface area contributed by atoms with E-state index in [-0.39, 0.29) is 11.6 Å². The first kappa shape index (κ1) is 24.9. The molecule has 0 fully saturated rings. The number of H-pyrrole nitrogens is 1. The molecule has 8 nitrogen and oxygen atoms in total. The number of aryl methyl sites for hydroxylation is 1. The fourth-order valence-electron chi connectivity index (χ4n) is 4.71. The van der Waals surface area contributed by atoms with E-state index < -0.39 is 0 Å². The van der Waals surface area contributed by atoms with Crippen molar-refractivity contribution in [2.24, 2.45) is 0 Å². The van der Waals surface area contributed by atoms with Crippen LogP contribution in [0.5, 0.6) is 5.75 Å². The van der Waals surface area contributed by atoms with E-state index in [2.05, 4.69) is 49.8 Å². The van der Waals surface area contributed by atoms with Gasteiger partial charge in [0.25, 0.3) is 5.56 Å². The molecule has 0 amide bonds. The predicted octanol–water partition coefficient (Wildman–Crippen LogP) is 5.09. The van der Waals surface area contributed by atoms with Crippen LogP contribution in [0.15, 0.2) is 70.8 Å². The van der Waals surface area contributed by atoms with Gasteiger partial charge in [-0.25, -0.2) is 4.68 Å². The Bertz CT molecular complexity index is 1520. The van der Waals surface area contributed by atoms with Gasteiger partial charge in [0.1, 0.15) is 5.75 Å². The Morgan fingerprint density at radius 2 is 1.95 bits per heavy atom. The number of hydrogen-bond donors (Lipinski definition) is 1. The second kappa shape index (κ2) is 11.1. The van der Waals surface area contributed by atoms with Crippen molar-refractivity contribution in [1.29, 1.82) is 0 Å². The molecule has 0 radical (unpaired) electrons. The number of nitrogens with one attached hydrogen (secondary N) is 1. The Kier molecular flexibility index (Phi) is 7.43. The number of hydrogen-bond acceptors (Lipinski definition) is 7. The van der Waals surface area contributed by atoms with E-state index in [1.165, 1.54) is 4.88 Å². The maximum atomic E-state index is 13.1. The number of fused-ring (bicyclic) bond motifs is 1. The maximum absolute atomic E-state index is 13.1. The maximum Gasteiger partial charge on any atom is 0.252 e. The minimum absolute atomic E-state index is 0.0642. The third kappa shape index (κ3) is 5.47. The monoisotopic (exact) mass is 514 g/mol. The number of aromatic amines is 1. The molecule has 3 heterocycles. The Balaban J connectivity index is 1.48. The minimum atomic E-state index is -0.0806. The highest BCUT2D eigenvalue weighted by atomic mass is 32.1. The Labute approximate surface area is 219 Å². The van der Waals surface area contributed by atoms with Crippen LogP contribution in [0.25, 0.3) is 10.9 Å². The molecule has 0 saturated heterocycles. The number of ether oxygens (including phenoxy) is 1. The lowest BCUT2D eigenvalue weighted by Gasteiger charge is -2.30. The molecule has 37 heavy (non-hydrogen) atoms.